The Hall–Kier alpha value is -2.13. The first-order chi connectivity index (χ1) is 11.1. The van der Waals surface area contributed by atoms with E-state index in [1.807, 2.05) is 0 Å². The molecule has 1 heterocycles. The Kier molecular flexibility index (Phi) is 4.86. The van der Waals surface area contributed by atoms with Gasteiger partial charge in [-0.25, -0.2) is 4.79 Å². The maximum Gasteiger partial charge on any atom is 0.369 e. The van der Waals surface area contributed by atoms with Crippen LogP contribution in [0.15, 0.2) is 24.3 Å². The predicted molar refractivity (Wildman–Crippen MR) is 78.7 cm³/mol. The average Bonchev–Trinajstić information content (AvgIpc) is 2.52. The van der Waals surface area contributed by atoms with E-state index in [1.165, 1.54) is 31.4 Å². The van der Waals surface area contributed by atoms with Crippen molar-refractivity contribution in [2.24, 2.45) is 5.92 Å². The second-order valence-electron chi connectivity index (χ2n) is 5.11. The van der Waals surface area contributed by atoms with E-state index in [2.05, 4.69) is 10.1 Å². The van der Waals surface area contributed by atoms with E-state index in [4.69, 9.17) is 16.3 Å². The van der Waals surface area contributed by atoms with Crippen LogP contribution in [0.1, 0.15) is 11.6 Å². The highest BCUT2D eigenvalue weighted by atomic mass is 35.5. The largest absolute Gasteiger partial charge is 0.497 e. The van der Waals surface area contributed by atoms with E-state index in [-0.39, 0.29) is 5.56 Å². The van der Waals surface area contributed by atoms with Gasteiger partial charge in [0.1, 0.15) is 11.7 Å². The first-order valence-corrected chi connectivity index (χ1v) is 7.11. The smallest absolute Gasteiger partial charge is 0.369 e. The molecule has 1 fully saturated rings. The van der Waals surface area contributed by atoms with Crippen molar-refractivity contribution < 1.29 is 33.0 Å². The normalized spacial score (nSPS) is 27.0. The second-order valence-corrected chi connectivity index (χ2v) is 5.59. The molecule has 0 bridgehead atoms. The molecule has 1 aromatic carbocycles. The molecule has 0 aliphatic carbocycles. The van der Waals surface area contributed by atoms with Crippen molar-refractivity contribution in [3.63, 3.8) is 0 Å². The molecule has 2 amide bonds. The van der Waals surface area contributed by atoms with E-state index in [0.717, 1.165) is 7.11 Å². The third-order valence-corrected chi connectivity index (χ3v) is 4.02. The number of amides is 2. The molecule has 2 rings (SSSR count). The number of urea groups is 1. The Bertz CT molecular complexity index is 637. The number of methoxy groups -OCH3 is 2. The van der Waals surface area contributed by atoms with Crippen molar-refractivity contribution in [1.82, 2.24) is 10.6 Å². The van der Waals surface area contributed by atoms with Gasteiger partial charge in [0.2, 0.25) is 5.72 Å². The molecule has 0 unspecified atom stereocenters. The number of carbonyl (C=O) groups excluding carboxylic acids is 2. The van der Waals surface area contributed by atoms with Crippen LogP contribution in [0.4, 0.5) is 13.6 Å². The lowest BCUT2D eigenvalue weighted by Gasteiger charge is -2.45. The van der Waals surface area contributed by atoms with Gasteiger partial charge < -0.3 is 25.2 Å². The summed E-state index contributed by atoms with van der Waals surface area (Å²) >= 11 is 4.96. The van der Waals surface area contributed by atoms with Crippen molar-refractivity contribution in [2.45, 2.75) is 17.1 Å². The molecule has 24 heavy (non-hydrogen) atoms. The van der Waals surface area contributed by atoms with Gasteiger partial charge in [-0.1, -0.05) is 12.1 Å². The predicted octanol–water partition coefficient (Wildman–Crippen LogP) is 1.36. The Morgan fingerprint density at radius 3 is 2.38 bits per heavy atom. The van der Waals surface area contributed by atoms with Crippen LogP contribution in [0, 0.1) is 5.92 Å². The second kappa shape index (κ2) is 6.40. The van der Waals surface area contributed by atoms with Gasteiger partial charge >= 0.3 is 17.4 Å². The molecule has 3 atom stereocenters. The summed E-state index contributed by atoms with van der Waals surface area (Å²) in [7, 11) is 2.40. The zero-order valence-electron chi connectivity index (χ0n) is 12.7. The number of alkyl halides is 3. The summed E-state index contributed by atoms with van der Waals surface area (Å²) in [6.07, 6.45) is 0. The van der Waals surface area contributed by atoms with Crippen molar-refractivity contribution >= 4 is 23.6 Å². The highest BCUT2D eigenvalue weighted by Gasteiger charge is 2.65. The topological polar surface area (TPSA) is 96.9 Å². The van der Waals surface area contributed by atoms with Crippen LogP contribution in [-0.4, -0.2) is 42.4 Å². The number of nitrogens with one attached hydrogen (secondary N) is 2. The van der Waals surface area contributed by atoms with E-state index < -0.39 is 35.1 Å². The van der Waals surface area contributed by atoms with E-state index in [0.29, 0.717) is 5.75 Å². The number of carbonyl (C=O) groups is 2. The van der Waals surface area contributed by atoms with Gasteiger partial charge in [-0.05, 0) is 29.3 Å². The summed E-state index contributed by atoms with van der Waals surface area (Å²) < 4.78 is 37.0. The number of halogens is 3. The quantitative estimate of drug-likeness (QED) is 0.553. The molecule has 1 aliphatic rings. The lowest BCUT2D eigenvalue weighted by molar-refractivity contribution is -0.201. The van der Waals surface area contributed by atoms with Gasteiger partial charge in [0.25, 0.3) is 0 Å². The highest BCUT2D eigenvalue weighted by molar-refractivity contribution is 6.22. The average molecular weight is 365 g/mol. The van der Waals surface area contributed by atoms with E-state index >= 15 is 0 Å². The van der Waals surface area contributed by atoms with Gasteiger partial charge in [-0.2, -0.15) is 8.78 Å². The molecule has 0 radical (unpaired) electrons. The number of aliphatic hydroxyl groups is 1. The molecular formula is C14H15ClF2N2O5. The van der Waals surface area contributed by atoms with E-state index in [9.17, 15) is 23.5 Å². The van der Waals surface area contributed by atoms with Crippen LogP contribution in [0.25, 0.3) is 0 Å². The third kappa shape index (κ3) is 3.09. The number of esters is 1. The summed E-state index contributed by atoms with van der Waals surface area (Å²) in [4.78, 5) is 23.8. The van der Waals surface area contributed by atoms with Crippen LogP contribution >= 0.6 is 11.6 Å². The number of benzene rings is 1. The molecule has 1 saturated heterocycles. The first-order valence-electron chi connectivity index (χ1n) is 6.73. The minimum Gasteiger partial charge on any atom is -0.497 e. The maximum atomic E-state index is 13.8. The van der Waals surface area contributed by atoms with Crippen LogP contribution < -0.4 is 15.4 Å². The standard InChI is InChI=1S/C14H15ClF2N2O5/c1-23-8-5-3-7(4-6-8)10-9(11(20)24-2)13(22,14(15,16)17)19-12(21)18-10/h3-6,9-10,22H,1-2H3,(H2,18,19,21)/t9-,10-,13-/m0/s1. The Morgan fingerprint density at radius 2 is 1.92 bits per heavy atom. The van der Waals surface area contributed by atoms with Crippen LogP contribution in [0.2, 0.25) is 0 Å². The summed E-state index contributed by atoms with van der Waals surface area (Å²) in [6.45, 7) is 0. The number of rotatable bonds is 4. The molecule has 0 aromatic heterocycles. The van der Waals surface area contributed by atoms with Crippen LogP contribution in [0.5, 0.6) is 5.75 Å². The van der Waals surface area contributed by atoms with Crippen molar-refractivity contribution in [3.8, 4) is 5.75 Å². The molecule has 3 N–H and O–H groups in total. The van der Waals surface area contributed by atoms with Crippen LogP contribution in [-0.2, 0) is 9.53 Å². The fourth-order valence-electron chi connectivity index (χ4n) is 2.52. The Labute approximate surface area is 140 Å². The van der Waals surface area contributed by atoms with Gasteiger partial charge in [0, 0.05) is 0 Å². The van der Waals surface area contributed by atoms with Gasteiger partial charge in [0.15, 0.2) is 0 Å². The fraction of sp³-hybridized carbons (Fsp3) is 0.429. The van der Waals surface area contributed by atoms with E-state index in [1.54, 1.807) is 5.32 Å². The summed E-state index contributed by atoms with van der Waals surface area (Å²) in [5, 5.41) is 9.90. The zero-order valence-corrected chi connectivity index (χ0v) is 13.4. The maximum absolute atomic E-state index is 13.8. The van der Waals surface area contributed by atoms with Gasteiger partial charge in [-0.15, -0.1) is 0 Å². The monoisotopic (exact) mass is 364 g/mol. The highest BCUT2D eigenvalue weighted by Crippen LogP contribution is 2.44. The van der Waals surface area contributed by atoms with Crippen molar-refractivity contribution in [1.29, 1.82) is 0 Å². The van der Waals surface area contributed by atoms with Gasteiger partial charge in [-0.3, -0.25) is 4.79 Å². The third-order valence-electron chi connectivity index (χ3n) is 3.74. The minimum absolute atomic E-state index is 0.278. The lowest BCUT2D eigenvalue weighted by atomic mass is 9.82. The number of ether oxygens (including phenoxy) is 2. The molecule has 1 aromatic rings. The molecule has 132 valence electrons. The molecular weight excluding hydrogens is 350 g/mol. The van der Waals surface area contributed by atoms with Crippen molar-refractivity contribution in [3.05, 3.63) is 29.8 Å². The molecule has 0 spiro atoms. The Morgan fingerprint density at radius 1 is 1.33 bits per heavy atom. The summed E-state index contributed by atoms with van der Waals surface area (Å²) in [5.74, 6) is -2.60. The minimum atomic E-state index is -4.33. The zero-order chi connectivity index (χ0) is 18.1. The fourth-order valence-corrected chi connectivity index (χ4v) is 2.69. The summed E-state index contributed by atoms with van der Waals surface area (Å²) in [6, 6.07) is 3.52. The molecule has 1 aliphatic heterocycles. The molecule has 0 saturated carbocycles. The molecule has 10 heteroatoms. The number of hydrogen-bond donors (Lipinski definition) is 3. The van der Waals surface area contributed by atoms with Crippen LogP contribution in [0.3, 0.4) is 0 Å². The summed E-state index contributed by atoms with van der Waals surface area (Å²) in [5.41, 5.74) is -3.06. The van der Waals surface area contributed by atoms with Crippen molar-refractivity contribution in [2.75, 3.05) is 14.2 Å². The lowest BCUT2D eigenvalue weighted by Crippen LogP contribution is -2.72. The number of hydrogen-bond acceptors (Lipinski definition) is 5. The SMILES string of the molecule is COC(=O)[C@@H]1[C@H](c2ccc(OC)cc2)NC(=O)N[C@@]1(O)C(F)(F)Cl. The first kappa shape index (κ1) is 18.2. The Balaban J connectivity index is 2.53. The van der Waals surface area contributed by atoms with Gasteiger partial charge in [0.05, 0.1) is 20.3 Å². The molecule has 7 nitrogen and oxygen atoms in total.